The molecular formula is C22H34ClFN3O9PS2. The number of hydrogen-bond donors (Lipinski definition) is 3. The Morgan fingerprint density at radius 1 is 1.36 bits per heavy atom. The molecule has 0 saturated carbocycles. The van der Waals surface area contributed by atoms with E-state index in [0.717, 1.165) is 24.0 Å². The minimum absolute atomic E-state index is 0.0330. The lowest BCUT2D eigenvalue weighted by Crippen LogP contribution is -2.42. The van der Waals surface area contributed by atoms with Gasteiger partial charge in [0.15, 0.2) is 11.3 Å². The van der Waals surface area contributed by atoms with Crippen molar-refractivity contribution in [3.8, 4) is 0 Å². The van der Waals surface area contributed by atoms with Gasteiger partial charge in [0.25, 0.3) is 17.3 Å². The lowest BCUT2D eigenvalue weighted by molar-refractivity contribution is -0.149. The van der Waals surface area contributed by atoms with E-state index in [-0.39, 0.29) is 17.5 Å². The predicted octanol–water partition coefficient (Wildman–Crippen LogP) is 2.19. The highest BCUT2D eigenvalue weighted by Crippen LogP contribution is 2.48. The van der Waals surface area contributed by atoms with Gasteiger partial charge in [-0.1, -0.05) is 44.1 Å². The highest BCUT2D eigenvalue weighted by atomic mass is 35.5. The molecule has 0 radical (unpaired) electrons. The molecule has 17 heteroatoms. The van der Waals surface area contributed by atoms with Crippen molar-refractivity contribution in [3.63, 3.8) is 0 Å². The van der Waals surface area contributed by atoms with E-state index in [4.69, 9.17) is 41.9 Å². The number of halogens is 2. The van der Waals surface area contributed by atoms with Crippen LogP contribution in [0.3, 0.4) is 0 Å². The third-order valence-corrected chi connectivity index (χ3v) is 9.46. The van der Waals surface area contributed by atoms with Crippen molar-refractivity contribution in [1.82, 2.24) is 14.6 Å². The Hall–Kier alpha value is -1.16. The molecular weight excluding hydrogens is 600 g/mol. The van der Waals surface area contributed by atoms with Gasteiger partial charge in [-0.2, -0.15) is 0 Å². The van der Waals surface area contributed by atoms with E-state index in [1.165, 1.54) is 6.92 Å². The number of aliphatic hydroxyl groups is 1. The van der Waals surface area contributed by atoms with E-state index in [2.05, 4.69) is 5.09 Å². The van der Waals surface area contributed by atoms with Crippen molar-refractivity contribution in [3.05, 3.63) is 33.1 Å². The normalized spacial score (nSPS) is 25.8. The number of alkyl halides is 2. The van der Waals surface area contributed by atoms with Crippen molar-refractivity contribution in [2.75, 3.05) is 19.0 Å². The predicted molar refractivity (Wildman–Crippen MR) is 148 cm³/mol. The number of thioether (sulfide) groups is 1. The lowest BCUT2D eigenvalue weighted by Gasteiger charge is -2.28. The molecule has 1 aliphatic rings. The summed E-state index contributed by atoms with van der Waals surface area (Å²) in [6, 6.07) is 0.00297. The minimum atomic E-state index is -3.52. The van der Waals surface area contributed by atoms with Crippen LogP contribution in [0.5, 0.6) is 0 Å². The Balaban J connectivity index is 2.16. The van der Waals surface area contributed by atoms with Crippen LogP contribution >= 0.6 is 30.0 Å². The topological polar surface area (TPSA) is 158 Å². The van der Waals surface area contributed by atoms with Gasteiger partial charge in [0.05, 0.1) is 19.3 Å². The maximum Gasteiger partial charge on any atom is 0.330 e. The molecule has 12 nitrogen and oxygen atoms in total. The van der Waals surface area contributed by atoms with E-state index >= 15 is 4.39 Å². The van der Waals surface area contributed by atoms with Crippen LogP contribution in [0.2, 0.25) is 0 Å². The third-order valence-electron chi connectivity index (χ3n) is 5.14. The third kappa shape index (κ3) is 9.44. The number of carbonyl (C=O) groups is 2. The second-order valence-corrected chi connectivity index (χ2v) is 14.9. The van der Waals surface area contributed by atoms with Crippen molar-refractivity contribution >= 4 is 52.9 Å². The van der Waals surface area contributed by atoms with Crippen molar-refractivity contribution in [1.29, 1.82) is 0 Å². The van der Waals surface area contributed by atoms with E-state index in [1.54, 1.807) is 34.6 Å². The number of aromatic nitrogens is 2. The average Bonchev–Trinajstić information content (AvgIpc) is 3.03. The van der Waals surface area contributed by atoms with Crippen LogP contribution in [0.25, 0.3) is 0 Å². The fourth-order valence-electron chi connectivity index (χ4n) is 3.13. The SMILES string of the molecule is CC(C)OC(=O)[C@@H](C)N[P@@](=S)(OCCSC(=O)C(C)(C)C)OC[C@H]1O[C@@H](n2ccc(=O)[nH]c2=O)[C@@](F)(Cl)[C@@H]1O. The Labute approximate surface area is 239 Å². The Kier molecular flexibility index (Phi) is 11.9. The molecule has 6 atom stereocenters. The molecule has 0 unspecified atom stereocenters. The number of ether oxygens (including phenoxy) is 2. The molecule has 39 heavy (non-hydrogen) atoms. The largest absolute Gasteiger partial charge is 0.462 e. The first-order valence-corrected chi connectivity index (χ1v) is 15.9. The van der Waals surface area contributed by atoms with Crippen LogP contribution in [0.4, 0.5) is 4.39 Å². The highest BCUT2D eigenvalue weighted by Gasteiger charge is 2.58. The zero-order chi connectivity index (χ0) is 29.8. The van der Waals surface area contributed by atoms with Gasteiger partial charge in [-0.3, -0.25) is 23.9 Å². The number of aliphatic hydroxyl groups excluding tert-OH is 1. The minimum Gasteiger partial charge on any atom is -0.462 e. The molecule has 2 heterocycles. The summed E-state index contributed by atoms with van der Waals surface area (Å²) in [5, 5.41) is 10.3. The molecule has 0 bridgehead atoms. The molecule has 1 aromatic heterocycles. The maximum atomic E-state index is 15.3. The summed E-state index contributed by atoms with van der Waals surface area (Å²) >= 11 is 12.5. The average molecular weight is 634 g/mol. The monoisotopic (exact) mass is 633 g/mol. The number of H-pyrrole nitrogens is 1. The summed E-state index contributed by atoms with van der Waals surface area (Å²) in [4.78, 5) is 50.0. The van der Waals surface area contributed by atoms with Gasteiger partial charge in [-0.05, 0) is 32.6 Å². The van der Waals surface area contributed by atoms with E-state index < -0.39 is 71.6 Å². The van der Waals surface area contributed by atoms with Crippen molar-refractivity contribution in [2.45, 2.75) is 77.3 Å². The Morgan fingerprint density at radius 3 is 2.56 bits per heavy atom. The lowest BCUT2D eigenvalue weighted by atomic mass is 10.00. The summed E-state index contributed by atoms with van der Waals surface area (Å²) in [5.74, 6) is -0.388. The maximum absolute atomic E-state index is 15.3. The molecule has 1 aliphatic heterocycles. The van der Waals surface area contributed by atoms with E-state index in [0.29, 0.717) is 4.57 Å². The van der Waals surface area contributed by atoms with E-state index in [9.17, 15) is 24.3 Å². The van der Waals surface area contributed by atoms with Gasteiger partial charge in [0.2, 0.25) is 0 Å². The van der Waals surface area contributed by atoms with Gasteiger partial charge in [-0.15, -0.1) is 0 Å². The molecule has 0 amide bonds. The van der Waals surface area contributed by atoms with E-state index in [1.807, 2.05) is 4.98 Å². The first kappa shape index (κ1) is 34.0. The van der Waals surface area contributed by atoms with Crippen molar-refractivity contribution < 1.29 is 37.6 Å². The first-order chi connectivity index (χ1) is 17.9. The van der Waals surface area contributed by atoms with Crippen LogP contribution in [0, 0.1) is 5.41 Å². The fourth-order valence-corrected chi connectivity index (χ4v) is 6.70. The molecule has 1 saturated heterocycles. The molecule has 0 spiro atoms. The summed E-state index contributed by atoms with van der Waals surface area (Å²) in [6.45, 7) is 6.09. The van der Waals surface area contributed by atoms with Crippen LogP contribution in [-0.2, 0) is 39.9 Å². The zero-order valence-corrected chi connectivity index (χ0v) is 25.6. The number of carbonyl (C=O) groups excluding carboxylic acids is 2. The molecule has 2 rings (SSSR count). The van der Waals surface area contributed by atoms with Crippen LogP contribution in [0.1, 0.15) is 47.8 Å². The second kappa shape index (κ2) is 13.7. The molecule has 1 aromatic rings. The highest BCUT2D eigenvalue weighted by molar-refractivity contribution is 8.13. The zero-order valence-electron chi connectivity index (χ0n) is 22.3. The standard InChI is InChI=1S/C22H34ClFN3O9PS2/c1-12(2)35-17(30)13(3)26-37(38,33-9-10-39-19(31)21(4,5)6)34-11-14-16(29)22(23,24)18(36-14)27-8-7-15(28)25-20(27)32/h7-8,12-14,16,18,29H,9-11H2,1-6H3,(H,26,38)(H,25,28,32)/t13-,14-,16-,18-,22-,37-/m1/s1. The fraction of sp³-hybridized carbons (Fsp3) is 0.727. The van der Waals surface area contributed by atoms with Gasteiger partial charge < -0.3 is 23.6 Å². The first-order valence-electron chi connectivity index (χ1n) is 11.9. The number of rotatable bonds is 12. The smallest absolute Gasteiger partial charge is 0.330 e. The van der Waals surface area contributed by atoms with Crippen LogP contribution in [0.15, 0.2) is 21.9 Å². The summed E-state index contributed by atoms with van der Waals surface area (Å²) in [6.07, 6.45) is -4.61. The summed E-state index contributed by atoms with van der Waals surface area (Å²) in [7, 11) is 0. The number of nitrogens with zero attached hydrogens (tertiary/aromatic N) is 1. The Bertz CT molecular complexity index is 1190. The molecule has 1 fully saturated rings. The van der Waals surface area contributed by atoms with Gasteiger partial charge in [0.1, 0.15) is 18.2 Å². The van der Waals surface area contributed by atoms with Crippen molar-refractivity contribution in [2.24, 2.45) is 5.41 Å². The molecule has 0 aromatic carbocycles. The molecule has 0 aliphatic carbocycles. The molecule has 222 valence electrons. The number of hydrogen-bond acceptors (Lipinski definition) is 11. The second-order valence-electron chi connectivity index (χ2n) is 10.0. The van der Waals surface area contributed by atoms with Crippen LogP contribution < -0.4 is 16.3 Å². The number of esters is 1. The van der Waals surface area contributed by atoms with Gasteiger partial charge in [0, 0.05) is 23.4 Å². The quantitative estimate of drug-likeness (QED) is 0.134. The summed E-state index contributed by atoms with van der Waals surface area (Å²) in [5.41, 5.74) is -2.28. The van der Waals surface area contributed by atoms with Gasteiger partial charge in [-0.25, -0.2) is 14.3 Å². The Morgan fingerprint density at radius 2 is 2.00 bits per heavy atom. The number of aromatic amines is 1. The summed E-state index contributed by atoms with van der Waals surface area (Å²) < 4.78 is 38.2. The molecule has 3 N–H and O–H groups in total. The van der Waals surface area contributed by atoms with Gasteiger partial charge >= 0.3 is 11.7 Å². The number of nitrogens with one attached hydrogen (secondary N) is 2. The van der Waals surface area contributed by atoms with Crippen LogP contribution in [-0.4, -0.2) is 74.2 Å².